The molecule has 9 heteroatoms. The second kappa shape index (κ2) is 6.35. The smallest absolute Gasteiger partial charge is 0.406 e. The van der Waals surface area contributed by atoms with E-state index in [0.29, 0.717) is 6.07 Å². The number of benzene rings is 2. The van der Waals surface area contributed by atoms with E-state index in [1.165, 1.54) is 0 Å². The molecule has 0 heterocycles. The van der Waals surface area contributed by atoms with Crippen LogP contribution in [-0.4, -0.2) is 12.1 Å². The molecule has 0 bridgehead atoms. The number of halogens is 7. The highest BCUT2D eigenvalue weighted by atomic mass is 35.5. The summed E-state index contributed by atoms with van der Waals surface area (Å²) in [6.07, 6.45) is -9.62. The van der Waals surface area contributed by atoms with Crippen molar-refractivity contribution in [3.63, 3.8) is 0 Å². The molecule has 0 N–H and O–H groups in total. The lowest BCUT2D eigenvalue weighted by atomic mass is 10.0. The predicted molar refractivity (Wildman–Crippen MR) is 73.0 cm³/mol. The van der Waals surface area contributed by atoms with Gasteiger partial charge in [-0.3, -0.25) is 4.79 Å². The molecule has 2 nitrogen and oxygen atoms in total. The fourth-order valence-corrected chi connectivity index (χ4v) is 2.08. The van der Waals surface area contributed by atoms with Gasteiger partial charge >= 0.3 is 12.5 Å². The average molecular weight is 369 g/mol. The second-order valence-corrected chi connectivity index (χ2v) is 5.00. The van der Waals surface area contributed by atoms with E-state index in [9.17, 15) is 31.1 Å². The van der Waals surface area contributed by atoms with Crippen LogP contribution in [0.15, 0.2) is 42.5 Å². The van der Waals surface area contributed by atoms with Gasteiger partial charge in [-0.05, 0) is 42.5 Å². The van der Waals surface area contributed by atoms with E-state index < -0.39 is 34.7 Å². The summed E-state index contributed by atoms with van der Waals surface area (Å²) in [5, 5.41) is -0.562. The molecule has 0 unspecified atom stereocenters. The third-order valence-electron chi connectivity index (χ3n) is 2.88. The number of rotatable bonds is 3. The Morgan fingerprint density at radius 3 is 1.92 bits per heavy atom. The molecule has 0 saturated carbocycles. The van der Waals surface area contributed by atoms with Crippen molar-refractivity contribution in [2.24, 2.45) is 0 Å². The average Bonchev–Trinajstić information content (AvgIpc) is 2.45. The Morgan fingerprint density at radius 1 is 0.875 bits per heavy atom. The summed E-state index contributed by atoms with van der Waals surface area (Å²) in [7, 11) is 0. The van der Waals surface area contributed by atoms with Gasteiger partial charge in [-0.15, -0.1) is 13.2 Å². The third-order valence-corrected chi connectivity index (χ3v) is 3.21. The quantitative estimate of drug-likeness (QED) is 0.529. The Labute approximate surface area is 136 Å². The summed E-state index contributed by atoms with van der Waals surface area (Å²) >= 11 is 5.46. The minimum Gasteiger partial charge on any atom is -0.406 e. The topological polar surface area (TPSA) is 26.3 Å². The van der Waals surface area contributed by atoms with Crippen LogP contribution in [0.3, 0.4) is 0 Å². The van der Waals surface area contributed by atoms with Crippen LogP contribution in [-0.2, 0) is 6.18 Å². The highest BCUT2D eigenvalue weighted by Crippen LogP contribution is 2.35. The standard InChI is InChI=1S/C15H7ClF6O2/c16-12-6-3-9(7-11(12)14(17,18)19)13(23)8-1-4-10(5-2-8)24-15(20,21)22/h1-7H. The molecule has 0 saturated heterocycles. The molecule has 0 fully saturated rings. The van der Waals surface area contributed by atoms with Crippen LogP contribution in [0, 0.1) is 0 Å². The first kappa shape index (κ1) is 18.1. The number of ether oxygens (including phenoxy) is 1. The third kappa shape index (κ3) is 4.41. The largest absolute Gasteiger partial charge is 0.573 e. The highest BCUT2D eigenvalue weighted by molar-refractivity contribution is 6.31. The summed E-state index contributed by atoms with van der Waals surface area (Å²) in [4.78, 5) is 12.2. The van der Waals surface area contributed by atoms with Crippen molar-refractivity contribution in [3.8, 4) is 5.75 Å². The Balaban J connectivity index is 2.29. The fraction of sp³-hybridized carbons (Fsp3) is 0.133. The van der Waals surface area contributed by atoms with Crippen LogP contribution < -0.4 is 4.74 Å². The first-order valence-corrected chi connectivity index (χ1v) is 6.62. The minimum absolute atomic E-state index is 0.0972. The Kier molecular flexibility index (Phi) is 4.80. The van der Waals surface area contributed by atoms with E-state index in [-0.39, 0.29) is 11.1 Å². The fourth-order valence-electron chi connectivity index (χ4n) is 1.86. The van der Waals surface area contributed by atoms with Crippen molar-refractivity contribution in [2.75, 3.05) is 0 Å². The number of hydrogen-bond donors (Lipinski definition) is 0. The van der Waals surface area contributed by atoms with Gasteiger partial charge in [0.2, 0.25) is 0 Å². The maximum atomic E-state index is 12.8. The van der Waals surface area contributed by atoms with E-state index in [1.807, 2.05) is 0 Å². The molecule has 0 aromatic heterocycles. The Bertz CT molecular complexity index is 750. The molecular weight excluding hydrogens is 362 g/mol. The SMILES string of the molecule is O=C(c1ccc(OC(F)(F)F)cc1)c1ccc(Cl)c(C(F)(F)F)c1. The second-order valence-electron chi connectivity index (χ2n) is 4.59. The van der Waals surface area contributed by atoms with Gasteiger partial charge in [0.15, 0.2) is 5.78 Å². The van der Waals surface area contributed by atoms with E-state index in [1.54, 1.807) is 0 Å². The molecule has 2 rings (SSSR count). The van der Waals surface area contributed by atoms with Gasteiger partial charge in [0.05, 0.1) is 10.6 Å². The zero-order chi connectivity index (χ0) is 18.1. The summed E-state index contributed by atoms with van der Waals surface area (Å²) in [6, 6.07) is 6.43. The summed E-state index contributed by atoms with van der Waals surface area (Å²) in [6.45, 7) is 0. The van der Waals surface area contributed by atoms with Gasteiger partial charge in [-0.25, -0.2) is 0 Å². The molecule has 128 valence electrons. The van der Waals surface area contributed by atoms with Crippen molar-refractivity contribution in [2.45, 2.75) is 12.5 Å². The normalized spacial score (nSPS) is 12.1. The van der Waals surface area contributed by atoms with Crippen molar-refractivity contribution in [1.82, 2.24) is 0 Å². The predicted octanol–water partition coefficient (Wildman–Crippen LogP) is 5.49. The summed E-state index contributed by atoms with van der Waals surface area (Å²) < 4.78 is 78.2. The van der Waals surface area contributed by atoms with Gasteiger partial charge in [-0.2, -0.15) is 13.2 Å². The summed E-state index contributed by atoms with van der Waals surface area (Å²) in [5.41, 5.74) is -1.57. The molecule has 0 amide bonds. The zero-order valence-electron chi connectivity index (χ0n) is 11.5. The monoisotopic (exact) mass is 368 g/mol. The van der Waals surface area contributed by atoms with Crippen molar-refractivity contribution in [1.29, 1.82) is 0 Å². The van der Waals surface area contributed by atoms with E-state index >= 15 is 0 Å². The maximum absolute atomic E-state index is 12.8. The minimum atomic E-state index is -4.89. The zero-order valence-corrected chi connectivity index (χ0v) is 12.3. The molecule has 0 aliphatic heterocycles. The van der Waals surface area contributed by atoms with Crippen LogP contribution in [0.25, 0.3) is 0 Å². The lowest BCUT2D eigenvalue weighted by Gasteiger charge is -2.11. The van der Waals surface area contributed by atoms with Crippen LogP contribution >= 0.6 is 11.6 Å². The number of hydrogen-bond acceptors (Lipinski definition) is 2. The van der Waals surface area contributed by atoms with E-state index in [2.05, 4.69) is 4.74 Å². The highest BCUT2D eigenvalue weighted by Gasteiger charge is 2.34. The first-order chi connectivity index (χ1) is 11.0. The molecule has 2 aromatic carbocycles. The molecule has 0 spiro atoms. The van der Waals surface area contributed by atoms with Crippen LogP contribution in [0.4, 0.5) is 26.3 Å². The van der Waals surface area contributed by atoms with Gasteiger partial charge < -0.3 is 4.74 Å². The number of alkyl halides is 6. The van der Waals surface area contributed by atoms with E-state index in [4.69, 9.17) is 11.6 Å². The molecule has 0 aliphatic carbocycles. The maximum Gasteiger partial charge on any atom is 0.573 e. The van der Waals surface area contributed by atoms with Crippen LogP contribution in [0.2, 0.25) is 5.02 Å². The Hall–Kier alpha value is -2.22. The van der Waals surface area contributed by atoms with Gasteiger partial charge in [-0.1, -0.05) is 11.6 Å². The van der Waals surface area contributed by atoms with Crippen molar-refractivity contribution >= 4 is 17.4 Å². The lowest BCUT2D eigenvalue weighted by Crippen LogP contribution is -2.17. The van der Waals surface area contributed by atoms with Crippen LogP contribution in [0.5, 0.6) is 5.75 Å². The van der Waals surface area contributed by atoms with Gasteiger partial charge in [0.1, 0.15) is 5.75 Å². The number of ketones is 1. The van der Waals surface area contributed by atoms with E-state index in [0.717, 1.165) is 36.4 Å². The van der Waals surface area contributed by atoms with Crippen molar-refractivity contribution < 1.29 is 35.9 Å². The molecule has 0 atom stereocenters. The number of carbonyl (C=O) groups excluding carboxylic acids is 1. The molecular formula is C15H7ClF6O2. The first-order valence-electron chi connectivity index (χ1n) is 6.24. The number of carbonyl (C=O) groups is 1. The van der Waals surface area contributed by atoms with Gasteiger partial charge in [0, 0.05) is 11.1 Å². The lowest BCUT2D eigenvalue weighted by molar-refractivity contribution is -0.274. The molecule has 0 aliphatic rings. The van der Waals surface area contributed by atoms with Crippen molar-refractivity contribution in [3.05, 3.63) is 64.2 Å². The molecule has 24 heavy (non-hydrogen) atoms. The van der Waals surface area contributed by atoms with Crippen LogP contribution in [0.1, 0.15) is 21.5 Å². The molecule has 2 aromatic rings. The van der Waals surface area contributed by atoms with Gasteiger partial charge in [0.25, 0.3) is 0 Å². The Morgan fingerprint density at radius 2 is 1.42 bits per heavy atom. The summed E-state index contributed by atoms with van der Waals surface area (Å²) in [5.74, 6) is -1.35. The molecule has 0 radical (unpaired) electrons.